The van der Waals surface area contributed by atoms with Crippen LogP contribution in [0.5, 0.6) is 0 Å². The van der Waals surface area contributed by atoms with E-state index in [4.69, 9.17) is 0 Å². The van der Waals surface area contributed by atoms with Gasteiger partial charge in [-0.25, -0.2) is 0 Å². The second-order valence-electron chi connectivity index (χ2n) is 5.17. The van der Waals surface area contributed by atoms with E-state index in [-0.39, 0.29) is 16.9 Å². The molecule has 0 saturated carbocycles. The molecule has 2 rings (SSSR count). The number of aryl methyl sites for hydroxylation is 1. The van der Waals surface area contributed by atoms with Gasteiger partial charge in [-0.3, -0.25) is 14.4 Å². The average molecular weight is 263 g/mol. The van der Waals surface area contributed by atoms with Crippen molar-refractivity contribution in [3.63, 3.8) is 0 Å². The number of aromatic amines is 1. The molecule has 2 N–H and O–H groups in total. The van der Waals surface area contributed by atoms with Crippen molar-refractivity contribution in [3.05, 3.63) is 33.7 Å². The van der Waals surface area contributed by atoms with Crippen molar-refractivity contribution < 1.29 is 9.59 Å². The molecule has 0 aliphatic carbocycles. The topological polar surface area (TPSA) is 82.3 Å². The summed E-state index contributed by atoms with van der Waals surface area (Å²) in [6.07, 6.45) is 1.41. The molecule has 19 heavy (non-hydrogen) atoms. The van der Waals surface area contributed by atoms with E-state index in [1.165, 1.54) is 17.2 Å². The summed E-state index contributed by atoms with van der Waals surface area (Å²) < 4.78 is 0. The molecule has 1 aliphatic rings. The summed E-state index contributed by atoms with van der Waals surface area (Å²) in [5, 5.41) is 2.71. The van der Waals surface area contributed by atoms with E-state index >= 15 is 0 Å². The van der Waals surface area contributed by atoms with Gasteiger partial charge in [0.25, 0.3) is 5.91 Å². The Morgan fingerprint density at radius 2 is 2.05 bits per heavy atom. The molecule has 1 fully saturated rings. The van der Waals surface area contributed by atoms with E-state index in [0.29, 0.717) is 18.8 Å². The van der Waals surface area contributed by atoms with Crippen molar-refractivity contribution in [1.82, 2.24) is 15.2 Å². The number of pyridine rings is 1. The highest BCUT2D eigenvalue weighted by molar-refractivity contribution is 5.99. The lowest BCUT2D eigenvalue weighted by Crippen LogP contribution is -2.63. The van der Waals surface area contributed by atoms with E-state index in [1.807, 2.05) is 0 Å². The van der Waals surface area contributed by atoms with Crippen LogP contribution in [-0.4, -0.2) is 40.3 Å². The number of piperazine rings is 1. The Hall–Kier alpha value is -2.11. The van der Waals surface area contributed by atoms with Crippen LogP contribution in [0.2, 0.25) is 0 Å². The van der Waals surface area contributed by atoms with Crippen molar-refractivity contribution >= 4 is 11.8 Å². The van der Waals surface area contributed by atoms with Crippen molar-refractivity contribution in [1.29, 1.82) is 0 Å². The molecule has 1 aromatic rings. The van der Waals surface area contributed by atoms with Gasteiger partial charge < -0.3 is 15.2 Å². The largest absolute Gasteiger partial charge is 0.364 e. The SMILES string of the molecule is Cc1cc(=O)c(C(=O)N2CCNC(=O)C2(C)C)c[nH]1. The first-order valence-corrected chi connectivity index (χ1v) is 6.13. The third-order valence-corrected chi connectivity index (χ3v) is 3.38. The Bertz CT molecular complexity index is 589. The standard InChI is InChI=1S/C13H17N3O3/c1-8-6-10(17)9(7-15-8)11(18)16-5-4-14-12(19)13(16,2)3/h6-7H,4-5H2,1-3H3,(H,14,19)(H,15,17). The summed E-state index contributed by atoms with van der Waals surface area (Å²) in [5.74, 6) is -0.628. The molecule has 1 aromatic heterocycles. The summed E-state index contributed by atoms with van der Waals surface area (Å²) in [6, 6.07) is 1.38. The Balaban J connectivity index is 2.38. The fraction of sp³-hybridized carbons (Fsp3) is 0.462. The second-order valence-corrected chi connectivity index (χ2v) is 5.17. The van der Waals surface area contributed by atoms with Gasteiger partial charge in [0, 0.05) is 31.0 Å². The first kappa shape index (κ1) is 13.3. The minimum Gasteiger partial charge on any atom is -0.364 e. The number of nitrogens with zero attached hydrogens (tertiary/aromatic N) is 1. The van der Waals surface area contributed by atoms with Crippen molar-refractivity contribution in [2.24, 2.45) is 0 Å². The molecule has 2 heterocycles. The molecule has 6 nitrogen and oxygen atoms in total. The predicted octanol–water partition coefficient (Wildman–Crippen LogP) is 0.0339. The lowest BCUT2D eigenvalue weighted by Gasteiger charge is -2.41. The molecule has 0 bridgehead atoms. The molecular weight excluding hydrogens is 246 g/mol. The third-order valence-electron chi connectivity index (χ3n) is 3.38. The number of aromatic nitrogens is 1. The fourth-order valence-electron chi connectivity index (χ4n) is 2.14. The van der Waals surface area contributed by atoms with Gasteiger partial charge in [-0.2, -0.15) is 0 Å². The van der Waals surface area contributed by atoms with Gasteiger partial charge in [0.2, 0.25) is 5.91 Å². The summed E-state index contributed by atoms with van der Waals surface area (Å²) in [6.45, 7) is 5.88. The Morgan fingerprint density at radius 1 is 1.37 bits per heavy atom. The Morgan fingerprint density at radius 3 is 2.68 bits per heavy atom. The monoisotopic (exact) mass is 263 g/mol. The van der Waals surface area contributed by atoms with Crippen LogP contribution in [0.15, 0.2) is 17.1 Å². The molecule has 1 aliphatic heterocycles. The number of carbonyl (C=O) groups excluding carboxylic acids is 2. The smallest absolute Gasteiger partial charge is 0.260 e. The molecule has 6 heteroatoms. The van der Waals surface area contributed by atoms with Gasteiger partial charge in [-0.05, 0) is 20.8 Å². The van der Waals surface area contributed by atoms with Crippen LogP contribution >= 0.6 is 0 Å². The highest BCUT2D eigenvalue weighted by atomic mass is 16.2. The number of hydrogen-bond donors (Lipinski definition) is 2. The van der Waals surface area contributed by atoms with E-state index in [9.17, 15) is 14.4 Å². The molecule has 0 spiro atoms. The number of amides is 2. The molecular formula is C13H17N3O3. The van der Waals surface area contributed by atoms with E-state index in [2.05, 4.69) is 10.3 Å². The van der Waals surface area contributed by atoms with Gasteiger partial charge >= 0.3 is 0 Å². The summed E-state index contributed by atoms with van der Waals surface area (Å²) in [5.41, 5.74) is -0.527. The van der Waals surface area contributed by atoms with Crippen molar-refractivity contribution in [3.8, 4) is 0 Å². The van der Waals surface area contributed by atoms with Crippen LogP contribution in [0.1, 0.15) is 29.9 Å². The van der Waals surface area contributed by atoms with Gasteiger partial charge in [0.1, 0.15) is 11.1 Å². The predicted molar refractivity (Wildman–Crippen MR) is 69.9 cm³/mol. The fourth-order valence-corrected chi connectivity index (χ4v) is 2.14. The van der Waals surface area contributed by atoms with Crippen LogP contribution in [-0.2, 0) is 4.79 Å². The average Bonchev–Trinajstić information content (AvgIpc) is 2.32. The first-order chi connectivity index (χ1) is 8.84. The summed E-state index contributed by atoms with van der Waals surface area (Å²) in [4.78, 5) is 40.4. The molecule has 0 aromatic carbocycles. The zero-order valence-corrected chi connectivity index (χ0v) is 11.2. The number of rotatable bonds is 1. The number of carbonyl (C=O) groups is 2. The van der Waals surface area contributed by atoms with Crippen LogP contribution in [0, 0.1) is 6.92 Å². The Kier molecular flexibility index (Phi) is 3.18. The maximum Gasteiger partial charge on any atom is 0.260 e. The molecule has 0 unspecified atom stereocenters. The summed E-state index contributed by atoms with van der Waals surface area (Å²) in [7, 11) is 0. The normalized spacial score (nSPS) is 18.1. The number of nitrogens with one attached hydrogen (secondary N) is 2. The minimum atomic E-state index is -0.952. The van der Waals surface area contributed by atoms with Crippen LogP contribution < -0.4 is 10.7 Å². The molecule has 0 radical (unpaired) electrons. The van der Waals surface area contributed by atoms with Crippen LogP contribution in [0.4, 0.5) is 0 Å². The van der Waals surface area contributed by atoms with Gasteiger partial charge in [-0.15, -0.1) is 0 Å². The van der Waals surface area contributed by atoms with E-state index in [1.54, 1.807) is 20.8 Å². The van der Waals surface area contributed by atoms with Gasteiger partial charge in [-0.1, -0.05) is 0 Å². The molecule has 1 saturated heterocycles. The van der Waals surface area contributed by atoms with Crippen LogP contribution in [0.3, 0.4) is 0 Å². The van der Waals surface area contributed by atoms with E-state index < -0.39 is 11.4 Å². The first-order valence-electron chi connectivity index (χ1n) is 6.13. The third kappa shape index (κ3) is 2.25. The lowest BCUT2D eigenvalue weighted by atomic mass is 9.98. The molecule has 0 atom stereocenters. The summed E-state index contributed by atoms with van der Waals surface area (Å²) >= 11 is 0. The number of hydrogen-bond acceptors (Lipinski definition) is 3. The zero-order valence-electron chi connectivity index (χ0n) is 11.2. The van der Waals surface area contributed by atoms with Gasteiger partial charge in [0.15, 0.2) is 5.43 Å². The highest BCUT2D eigenvalue weighted by Crippen LogP contribution is 2.19. The minimum absolute atomic E-state index is 0.0633. The lowest BCUT2D eigenvalue weighted by molar-refractivity contribution is -0.133. The van der Waals surface area contributed by atoms with Crippen molar-refractivity contribution in [2.75, 3.05) is 13.1 Å². The van der Waals surface area contributed by atoms with E-state index in [0.717, 1.165) is 0 Å². The quantitative estimate of drug-likeness (QED) is 0.750. The second kappa shape index (κ2) is 4.53. The highest BCUT2D eigenvalue weighted by Gasteiger charge is 2.41. The van der Waals surface area contributed by atoms with Gasteiger partial charge in [0.05, 0.1) is 0 Å². The van der Waals surface area contributed by atoms with Crippen LogP contribution in [0.25, 0.3) is 0 Å². The zero-order chi connectivity index (χ0) is 14.2. The Labute approximate surface area is 110 Å². The molecule has 2 amide bonds. The maximum atomic E-state index is 12.4. The van der Waals surface area contributed by atoms with Crippen molar-refractivity contribution in [2.45, 2.75) is 26.3 Å². The number of H-pyrrole nitrogens is 1. The maximum absolute atomic E-state index is 12.4. The molecule has 102 valence electrons.